The molecule has 1 fully saturated rings. The van der Waals surface area contributed by atoms with Gasteiger partial charge in [0.2, 0.25) is 0 Å². The average molecular weight is 291 g/mol. The van der Waals surface area contributed by atoms with Crippen LogP contribution in [-0.4, -0.2) is 50.5 Å². The van der Waals surface area contributed by atoms with Gasteiger partial charge in [0, 0.05) is 13.1 Å². The van der Waals surface area contributed by atoms with Crippen molar-refractivity contribution in [3.05, 3.63) is 0 Å². The standard InChI is InChI=1S/C11H21F3N2O.ClH/c12-11(13,14)9-17-7-6-16-5-1-2-10(8-16)3-4-15;/h10H,1-9,15H2;1H. The van der Waals surface area contributed by atoms with Crippen LogP contribution in [0, 0.1) is 5.92 Å². The van der Waals surface area contributed by atoms with E-state index in [-0.39, 0.29) is 19.0 Å². The van der Waals surface area contributed by atoms with Crippen LogP contribution in [0.25, 0.3) is 0 Å². The summed E-state index contributed by atoms with van der Waals surface area (Å²) in [7, 11) is 0. The van der Waals surface area contributed by atoms with Gasteiger partial charge in [-0.25, -0.2) is 0 Å². The molecule has 7 heteroatoms. The highest BCUT2D eigenvalue weighted by Gasteiger charge is 2.27. The summed E-state index contributed by atoms with van der Waals surface area (Å²) in [6.07, 6.45) is -0.940. The van der Waals surface area contributed by atoms with Crippen LogP contribution in [0.3, 0.4) is 0 Å². The molecule has 0 aromatic carbocycles. The number of likely N-dealkylation sites (tertiary alicyclic amines) is 1. The predicted molar refractivity (Wildman–Crippen MR) is 67.0 cm³/mol. The van der Waals surface area contributed by atoms with E-state index in [4.69, 9.17) is 5.73 Å². The zero-order valence-corrected chi connectivity index (χ0v) is 11.2. The van der Waals surface area contributed by atoms with Gasteiger partial charge in [0.05, 0.1) is 6.61 Å². The molecular formula is C11H22ClF3N2O. The zero-order valence-electron chi connectivity index (χ0n) is 10.4. The third-order valence-electron chi connectivity index (χ3n) is 3.00. The van der Waals surface area contributed by atoms with Crippen LogP contribution in [0.1, 0.15) is 19.3 Å². The molecule has 0 aliphatic carbocycles. The van der Waals surface area contributed by atoms with E-state index in [1.165, 1.54) is 6.42 Å². The number of nitrogens with two attached hydrogens (primary N) is 1. The molecule has 1 heterocycles. The van der Waals surface area contributed by atoms with Gasteiger partial charge in [-0.2, -0.15) is 13.2 Å². The molecule has 1 rings (SSSR count). The third kappa shape index (κ3) is 8.13. The van der Waals surface area contributed by atoms with E-state index < -0.39 is 12.8 Å². The fourth-order valence-electron chi connectivity index (χ4n) is 2.21. The molecule has 0 aromatic heterocycles. The first-order chi connectivity index (χ1) is 8.01. The van der Waals surface area contributed by atoms with Crippen molar-refractivity contribution in [2.75, 3.05) is 39.4 Å². The van der Waals surface area contributed by atoms with Crippen molar-refractivity contribution in [1.82, 2.24) is 4.90 Å². The Hall–Kier alpha value is -0.0400. The van der Waals surface area contributed by atoms with E-state index in [0.29, 0.717) is 19.0 Å². The molecule has 0 radical (unpaired) electrons. The maximum Gasteiger partial charge on any atom is 0.411 e. The molecule has 0 aromatic rings. The number of hydrogen-bond acceptors (Lipinski definition) is 3. The number of ether oxygens (including phenoxy) is 1. The molecular weight excluding hydrogens is 269 g/mol. The lowest BCUT2D eigenvalue weighted by Crippen LogP contribution is -2.38. The normalized spacial score (nSPS) is 21.7. The zero-order chi connectivity index (χ0) is 12.7. The lowest BCUT2D eigenvalue weighted by Gasteiger charge is -2.32. The third-order valence-corrected chi connectivity index (χ3v) is 3.00. The molecule has 0 amide bonds. The first-order valence-corrected chi connectivity index (χ1v) is 6.08. The second-order valence-electron chi connectivity index (χ2n) is 4.55. The quantitative estimate of drug-likeness (QED) is 0.761. The van der Waals surface area contributed by atoms with Gasteiger partial charge in [-0.05, 0) is 38.3 Å². The summed E-state index contributed by atoms with van der Waals surface area (Å²) in [6.45, 7) is 2.16. The maximum absolute atomic E-state index is 11.8. The summed E-state index contributed by atoms with van der Waals surface area (Å²) in [4.78, 5) is 2.17. The molecule has 1 aliphatic rings. The molecule has 18 heavy (non-hydrogen) atoms. The van der Waals surface area contributed by atoms with Gasteiger partial charge in [0.1, 0.15) is 6.61 Å². The van der Waals surface area contributed by atoms with Crippen molar-refractivity contribution in [2.45, 2.75) is 25.4 Å². The highest BCUT2D eigenvalue weighted by atomic mass is 35.5. The minimum absolute atomic E-state index is 0. The Morgan fingerprint density at radius 1 is 1.33 bits per heavy atom. The summed E-state index contributed by atoms with van der Waals surface area (Å²) < 4.78 is 40.1. The smallest absolute Gasteiger partial charge is 0.371 e. The van der Waals surface area contributed by atoms with Gasteiger partial charge in [0.25, 0.3) is 0 Å². The largest absolute Gasteiger partial charge is 0.411 e. The highest BCUT2D eigenvalue weighted by Crippen LogP contribution is 2.19. The maximum atomic E-state index is 11.8. The van der Waals surface area contributed by atoms with E-state index in [1.54, 1.807) is 0 Å². The Kier molecular flexibility index (Phi) is 8.94. The van der Waals surface area contributed by atoms with Crippen molar-refractivity contribution in [2.24, 2.45) is 11.7 Å². The molecule has 1 atom stereocenters. The Morgan fingerprint density at radius 2 is 2.06 bits per heavy atom. The van der Waals surface area contributed by atoms with E-state index in [9.17, 15) is 13.2 Å². The van der Waals surface area contributed by atoms with Crippen LogP contribution < -0.4 is 5.73 Å². The van der Waals surface area contributed by atoms with Crippen molar-refractivity contribution >= 4 is 12.4 Å². The minimum atomic E-state index is -4.22. The van der Waals surface area contributed by atoms with Crippen LogP contribution in [0.2, 0.25) is 0 Å². The van der Waals surface area contributed by atoms with Crippen molar-refractivity contribution in [1.29, 1.82) is 0 Å². The fourth-order valence-corrected chi connectivity index (χ4v) is 2.21. The lowest BCUT2D eigenvalue weighted by molar-refractivity contribution is -0.174. The number of rotatable bonds is 6. The molecule has 1 aliphatic heterocycles. The van der Waals surface area contributed by atoms with Crippen molar-refractivity contribution in [3.63, 3.8) is 0 Å². The predicted octanol–water partition coefficient (Wildman–Crippen LogP) is 2.05. The molecule has 0 saturated carbocycles. The summed E-state index contributed by atoms with van der Waals surface area (Å²) >= 11 is 0. The monoisotopic (exact) mass is 290 g/mol. The fraction of sp³-hybridized carbons (Fsp3) is 1.00. The van der Waals surface area contributed by atoms with Gasteiger partial charge in [-0.15, -0.1) is 12.4 Å². The second-order valence-corrected chi connectivity index (χ2v) is 4.55. The Morgan fingerprint density at radius 3 is 2.67 bits per heavy atom. The van der Waals surface area contributed by atoms with Crippen molar-refractivity contribution < 1.29 is 17.9 Å². The van der Waals surface area contributed by atoms with Gasteiger partial charge in [-0.3, -0.25) is 0 Å². The second kappa shape index (κ2) is 8.96. The molecule has 0 bridgehead atoms. The lowest BCUT2D eigenvalue weighted by atomic mass is 9.95. The average Bonchev–Trinajstić information content (AvgIpc) is 2.24. The summed E-state index contributed by atoms with van der Waals surface area (Å²) in [5.41, 5.74) is 5.51. The SMILES string of the molecule is Cl.NCCC1CCCN(CCOCC(F)(F)F)C1. The topological polar surface area (TPSA) is 38.5 Å². The van der Waals surface area contributed by atoms with Crippen LogP contribution in [-0.2, 0) is 4.74 Å². The van der Waals surface area contributed by atoms with Gasteiger partial charge in [-0.1, -0.05) is 0 Å². The summed E-state index contributed by atoms with van der Waals surface area (Å²) in [5, 5.41) is 0. The summed E-state index contributed by atoms with van der Waals surface area (Å²) in [5.74, 6) is 0.594. The Bertz CT molecular complexity index is 215. The molecule has 1 unspecified atom stereocenters. The molecule has 0 spiro atoms. The number of halogens is 4. The van der Waals surface area contributed by atoms with Crippen LogP contribution >= 0.6 is 12.4 Å². The Balaban J connectivity index is 0.00000289. The molecule has 1 saturated heterocycles. The van der Waals surface area contributed by atoms with Crippen LogP contribution in [0.5, 0.6) is 0 Å². The van der Waals surface area contributed by atoms with E-state index in [1.807, 2.05) is 0 Å². The van der Waals surface area contributed by atoms with Gasteiger partial charge >= 0.3 is 6.18 Å². The molecule has 110 valence electrons. The van der Waals surface area contributed by atoms with Crippen molar-refractivity contribution in [3.8, 4) is 0 Å². The number of hydrogen-bond donors (Lipinski definition) is 1. The number of nitrogens with zero attached hydrogens (tertiary/aromatic N) is 1. The van der Waals surface area contributed by atoms with E-state index in [2.05, 4.69) is 9.64 Å². The first-order valence-electron chi connectivity index (χ1n) is 6.08. The van der Waals surface area contributed by atoms with E-state index >= 15 is 0 Å². The van der Waals surface area contributed by atoms with Gasteiger partial charge < -0.3 is 15.4 Å². The molecule has 3 nitrogen and oxygen atoms in total. The Labute approximate surface area is 112 Å². The first kappa shape index (κ1) is 18.0. The highest BCUT2D eigenvalue weighted by molar-refractivity contribution is 5.85. The molecule has 2 N–H and O–H groups in total. The minimum Gasteiger partial charge on any atom is -0.371 e. The summed E-state index contributed by atoms with van der Waals surface area (Å²) in [6, 6.07) is 0. The van der Waals surface area contributed by atoms with Crippen LogP contribution in [0.15, 0.2) is 0 Å². The van der Waals surface area contributed by atoms with Gasteiger partial charge in [0.15, 0.2) is 0 Å². The van der Waals surface area contributed by atoms with Crippen LogP contribution in [0.4, 0.5) is 13.2 Å². The number of piperidine rings is 1. The number of alkyl halides is 3. The van der Waals surface area contributed by atoms with E-state index in [0.717, 1.165) is 25.9 Å².